The topological polar surface area (TPSA) is 82.6 Å². The van der Waals surface area contributed by atoms with Gasteiger partial charge in [-0.15, -0.1) is 0 Å². The quantitative estimate of drug-likeness (QED) is 0.688. The predicted octanol–water partition coefficient (Wildman–Crippen LogP) is 1.78. The molecule has 5 nitrogen and oxygen atoms in total. The second-order valence-electron chi connectivity index (χ2n) is 2.92. The molecule has 1 aromatic carbocycles. The Morgan fingerprint density at radius 3 is 2.80 bits per heavy atom. The van der Waals surface area contributed by atoms with E-state index in [4.69, 9.17) is 9.79 Å². The van der Waals surface area contributed by atoms with Crippen molar-refractivity contribution in [2.45, 2.75) is 0 Å². The number of fused-ring (bicyclic) bond motifs is 1. The molecule has 0 saturated heterocycles. The van der Waals surface area contributed by atoms with Crippen LogP contribution >= 0.6 is 7.82 Å². The number of phosphoric acid groups is 1. The van der Waals surface area contributed by atoms with Gasteiger partial charge in [-0.3, -0.25) is 9.79 Å². The zero-order chi connectivity index (χ0) is 11.1. The molecule has 0 radical (unpaired) electrons. The molecule has 15 heavy (non-hydrogen) atoms. The summed E-state index contributed by atoms with van der Waals surface area (Å²) in [4.78, 5) is 19.9. The van der Waals surface area contributed by atoms with Crippen molar-refractivity contribution in [2.75, 3.05) is 0 Å². The van der Waals surface area contributed by atoms with Gasteiger partial charge in [-0.2, -0.15) is 0 Å². The zero-order valence-corrected chi connectivity index (χ0v) is 8.24. The first kappa shape index (κ1) is 10.2. The Morgan fingerprint density at radius 2 is 2.13 bits per heavy atom. The van der Waals surface area contributed by atoms with Gasteiger partial charge in [0.1, 0.15) is 5.82 Å². The van der Waals surface area contributed by atoms with E-state index in [1.807, 2.05) is 0 Å². The molecule has 0 aliphatic carbocycles. The number of aromatic nitrogens is 1. The largest absolute Gasteiger partial charge is 0.524 e. The molecule has 0 atom stereocenters. The Hall–Kier alpha value is -1.36. The number of phosphoric ester groups is 1. The molecule has 0 unspecified atom stereocenters. The highest BCUT2D eigenvalue weighted by atomic mass is 31.2. The number of benzene rings is 1. The molecule has 1 heterocycles. The van der Waals surface area contributed by atoms with Gasteiger partial charge in [-0.1, -0.05) is 0 Å². The highest BCUT2D eigenvalue weighted by Crippen LogP contribution is 2.40. The van der Waals surface area contributed by atoms with Crippen LogP contribution in [0.5, 0.6) is 5.75 Å². The van der Waals surface area contributed by atoms with Gasteiger partial charge in [0.25, 0.3) is 0 Å². The Bertz CT molecular complexity index is 547. The van der Waals surface area contributed by atoms with Crippen LogP contribution in [0.1, 0.15) is 0 Å². The van der Waals surface area contributed by atoms with Gasteiger partial charge in [-0.05, 0) is 18.2 Å². The third-order valence-corrected chi connectivity index (χ3v) is 2.26. The summed E-state index contributed by atoms with van der Waals surface area (Å²) in [5, 5.41) is 0.416. The molecule has 2 rings (SSSR count). The van der Waals surface area contributed by atoms with E-state index in [-0.39, 0.29) is 5.75 Å². The van der Waals surface area contributed by atoms with Gasteiger partial charge in [0.15, 0.2) is 5.75 Å². The predicted molar refractivity (Wildman–Crippen MR) is 50.9 cm³/mol. The van der Waals surface area contributed by atoms with Crippen molar-refractivity contribution in [3.63, 3.8) is 0 Å². The molecule has 3 N–H and O–H groups in total. The van der Waals surface area contributed by atoms with Crippen LogP contribution in [-0.2, 0) is 4.57 Å². The van der Waals surface area contributed by atoms with Crippen LogP contribution in [0.25, 0.3) is 10.9 Å². The highest BCUT2D eigenvalue weighted by molar-refractivity contribution is 7.46. The van der Waals surface area contributed by atoms with E-state index in [1.54, 1.807) is 0 Å². The second-order valence-corrected chi connectivity index (χ2v) is 4.09. The van der Waals surface area contributed by atoms with Crippen molar-refractivity contribution in [3.8, 4) is 5.75 Å². The number of aromatic amines is 1. The Kier molecular flexibility index (Phi) is 2.26. The number of hydrogen-bond acceptors (Lipinski definition) is 2. The second kappa shape index (κ2) is 3.34. The third-order valence-electron chi connectivity index (χ3n) is 1.82. The van der Waals surface area contributed by atoms with E-state index in [1.165, 1.54) is 24.4 Å². The standard InChI is InChI=1S/C8H7FNO4P/c9-5-1-2-6-7(3-5)10-4-8(6)14-15(11,12)13/h1-4,10H,(H2,11,12,13). The number of H-pyrrole nitrogens is 1. The van der Waals surface area contributed by atoms with Crippen molar-refractivity contribution < 1.29 is 23.3 Å². The van der Waals surface area contributed by atoms with Crippen LogP contribution in [0.2, 0.25) is 0 Å². The summed E-state index contributed by atoms with van der Waals surface area (Å²) in [6.45, 7) is 0. The lowest BCUT2D eigenvalue weighted by molar-refractivity contribution is 0.284. The minimum Gasteiger partial charge on any atom is -0.402 e. The number of rotatable bonds is 2. The van der Waals surface area contributed by atoms with E-state index in [2.05, 4.69) is 9.51 Å². The molecule has 2 aromatic rings. The number of hydrogen-bond donors (Lipinski definition) is 3. The van der Waals surface area contributed by atoms with Gasteiger partial charge >= 0.3 is 7.82 Å². The van der Waals surface area contributed by atoms with Gasteiger partial charge in [0.2, 0.25) is 0 Å². The highest BCUT2D eigenvalue weighted by Gasteiger charge is 2.18. The summed E-state index contributed by atoms with van der Waals surface area (Å²) in [6.07, 6.45) is 1.27. The normalized spacial score (nSPS) is 11.9. The Labute approximate surface area is 83.7 Å². The lowest BCUT2D eigenvalue weighted by atomic mass is 10.2. The molecule has 1 aromatic heterocycles. The Balaban J connectivity index is 2.50. The van der Waals surface area contributed by atoms with E-state index < -0.39 is 13.6 Å². The average Bonchev–Trinajstić information content (AvgIpc) is 2.45. The summed E-state index contributed by atoms with van der Waals surface area (Å²) in [5.74, 6) is -0.439. The molecule has 0 amide bonds. The maximum Gasteiger partial charge on any atom is 0.524 e. The third kappa shape index (κ3) is 2.18. The van der Waals surface area contributed by atoms with Crippen LogP contribution in [0, 0.1) is 5.82 Å². The fraction of sp³-hybridized carbons (Fsp3) is 0. The molecule has 7 heteroatoms. The van der Waals surface area contributed by atoms with Gasteiger partial charge in [-0.25, -0.2) is 8.96 Å². The molecular formula is C8H7FNO4P. The van der Waals surface area contributed by atoms with Gasteiger partial charge in [0.05, 0.1) is 5.52 Å². The molecule has 80 valence electrons. The minimum atomic E-state index is -4.58. The maximum absolute atomic E-state index is 12.8. The van der Waals surface area contributed by atoms with E-state index in [0.717, 1.165) is 0 Å². The first-order valence-corrected chi connectivity index (χ1v) is 5.50. The van der Waals surface area contributed by atoms with E-state index >= 15 is 0 Å². The Morgan fingerprint density at radius 1 is 1.40 bits per heavy atom. The maximum atomic E-state index is 12.8. The van der Waals surface area contributed by atoms with E-state index in [0.29, 0.717) is 10.9 Å². The molecule has 0 aliphatic rings. The van der Waals surface area contributed by atoms with Crippen molar-refractivity contribution in [2.24, 2.45) is 0 Å². The van der Waals surface area contributed by atoms with Crippen LogP contribution in [0.4, 0.5) is 4.39 Å². The first-order chi connectivity index (χ1) is 6.96. The monoisotopic (exact) mass is 231 g/mol. The minimum absolute atomic E-state index is 0.00154. The van der Waals surface area contributed by atoms with Crippen LogP contribution < -0.4 is 4.52 Å². The lowest BCUT2D eigenvalue weighted by Gasteiger charge is -2.04. The fourth-order valence-corrected chi connectivity index (χ4v) is 1.68. The average molecular weight is 231 g/mol. The molecule has 0 aliphatic heterocycles. The number of halogens is 1. The summed E-state index contributed by atoms with van der Waals surface area (Å²) < 4.78 is 27.8. The van der Waals surface area contributed by atoms with Crippen LogP contribution in [-0.4, -0.2) is 14.8 Å². The summed E-state index contributed by atoms with van der Waals surface area (Å²) >= 11 is 0. The fourth-order valence-electron chi connectivity index (χ4n) is 1.28. The van der Waals surface area contributed by atoms with Crippen LogP contribution in [0.15, 0.2) is 24.4 Å². The first-order valence-electron chi connectivity index (χ1n) is 3.97. The van der Waals surface area contributed by atoms with Crippen molar-refractivity contribution in [3.05, 3.63) is 30.2 Å². The lowest BCUT2D eigenvalue weighted by Crippen LogP contribution is -1.88. The molecule has 0 saturated carbocycles. The smallest absolute Gasteiger partial charge is 0.402 e. The molecule has 0 spiro atoms. The molecule has 0 fully saturated rings. The van der Waals surface area contributed by atoms with Crippen molar-refractivity contribution in [1.82, 2.24) is 4.98 Å². The summed E-state index contributed by atoms with van der Waals surface area (Å²) in [6, 6.07) is 3.77. The van der Waals surface area contributed by atoms with Crippen LogP contribution in [0.3, 0.4) is 0 Å². The van der Waals surface area contributed by atoms with E-state index in [9.17, 15) is 8.96 Å². The molecule has 0 bridgehead atoms. The summed E-state index contributed by atoms with van der Waals surface area (Å²) in [7, 11) is -4.58. The SMILES string of the molecule is O=P(O)(O)Oc1c[nH]c2cc(F)ccc12. The molecular weight excluding hydrogens is 224 g/mol. The van der Waals surface area contributed by atoms with Gasteiger partial charge in [0, 0.05) is 11.6 Å². The van der Waals surface area contributed by atoms with Crippen molar-refractivity contribution >= 4 is 18.7 Å². The zero-order valence-electron chi connectivity index (χ0n) is 7.35. The van der Waals surface area contributed by atoms with Crippen molar-refractivity contribution in [1.29, 1.82) is 0 Å². The van der Waals surface area contributed by atoms with Gasteiger partial charge < -0.3 is 9.51 Å². The number of nitrogens with one attached hydrogen (secondary N) is 1. The summed E-state index contributed by atoms with van der Waals surface area (Å²) in [5.41, 5.74) is 0.415.